The van der Waals surface area contributed by atoms with E-state index in [1.807, 2.05) is 6.07 Å². The van der Waals surface area contributed by atoms with Crippen LogP contribution in [0.1, 0.15) is 33.3 Å². The van der Waals surface area contributed by atoms with Crippen molar-refractivity contribution in [2.24, 2.45) is 9.49 Å². The van der Waals surface area contributed by atoms with Crippen LogP contribution in [0.3, 0.4) is 0 Å². The van der Waals surface area contributed by atoms with Gasteiger partial charge in [0, 0.05) is 17.7 Å². The first-order valence-electron chi connectivity index (χ1n) is 17.0. The van der Waals surface area contributed by atoms with Gasteiger partial charge < -0.3 is 5.32 Å². The molecule has 0 saturated heterocycles. The summed E-state index contributed by atoms with van der Waals surface area (Å²) in [5.41, 5.74) is 5.56. The number of benzene rings is 6. The maximum absolute atomic E-state index is 5.75. The molecule has 246 valence electrons. The zero-order chi connectivity index (χ0) is 34.1. The minimum Gasteiger partial charge on any atom is -0.657 e. The van der Waals surface area contributed by atoms with E-state index < -0.39 is 14.1 Å². The van der Waals surface area contributed by atoms with Crippen LogP contribution >= 0.6 is 14.1 Å². The molecule has 0 aromatic heterocycles. The molecule has 0 spiro atoms. The lowest BCUT2D eigenvalue weighted by molar-refractivity contribution is 1.00. The third kappa shape index (κ3) is 7.50. The SMILES string of the molecule is CC(C)P(/C=C(\[N-]c1ccccc1P(=Nc1ccccc1)(c1ccccc1)c1ccccc1)c1ccccc1)(=Nc1ccccc1)C(C)C. The van der Waals surface area contributed by atoms with Gasteiger partial charge in [-0.15, -0.1) is 11.4 Å². The summed E-state index contributed by atoms with van der Waals surface area (Å²) in [6.45, 7) is 9.25. The van der Waals surface area contributed by atoms with E-state index in [9.17, 15) is 0 Å². The van der Waals surface area contributed by atoms with E-state index in [0.717, 1.165) is 33.6 Å². The molecule has 0 amide bonds. The molecule has 0 atom stereocenters. The molecule has 0 aliphatic rings. The van der Waals surface area contributed by atoms with Gasteiger partial charge in [-0.25, -0.2) is 0 Å². The first kappa shape index (κ1) is 34.2. The van der Waals surface area contributed by atoms with Crippen LogP contribution in [0.2, 0.25) is 0 Å². The van der Waals surface area contributed by atoms with Gasteiger partial charge in [0.05, 0.1) is 18.4 Å². The second-order valence-electron chi connectivity index (χ2n) is 12.6. The van der Waals surface area contributed by atoms with Crippen LogP contribution in [0.25, 0.3) is 11.0 Å². The fourth-order valence-electron chi connectivity index (χ4n) is 6.34. The molecule has 0 aliphatic carbocycles. The highest BCUT2D eigenvalue weighted by atomic mass is 31.2. The molecular formula is C44H44N3P2-. The Labute approximate surface area is 292 Å². The molecule has 6 aromatic carbocycles. The summed E-state index contributed by atoms with van der Waals surface area (Å²) < 4.78 is 11.3. The maximum atomic E-state index is 5.75. The third-order valence-corrected chi connectivity index (χ3v) is 17.1. The largest absolute Gasteiger partial charge is 0.657 e. The van der Waals surface area contributed by atoms with Gasteiger partial charge in [0.15, 0.2) is 0 Å². The van der Waals surface area contributed by atoms with Gasteiger partial charge in [-0.1, -0.05) is 185 Å². The lowest BCUT2D eigenvalue weighted by Gasteiger charge is -2.38. The molecule has 3 nitrogen and oxygen atoms in total. The van der Waals surface area contributed by atoms with E-state index >= 15 is 0 Å². The monoisotopic (exact) mass is 676 g/mol. The van der Waals surface area contributed by atoms with Gasteiger partial charge in [-0.05, 0) is 46.5 Å². The summed E-state index contributed by atoms with van der Waals surface area (Å²) in [6, 6.07) is 61.6. The lowest BCUT2D eigenvalue weighted by Crippen LogP contribution is -2.25. The number of hydrogen-bond acceptors (Lipinski definition) is 2. The van der Waals surface area contributed by atoms with E-state index in [1.54, 1.807) is 0 Å². The van der Waals surface area contributed by atoms with Crippen molar-refractivity contribution in [2.75, 3.05) is 0 Å². The van der Waals surface area contributed by atoms with Crippen molar-refractivity contribution in [3.8, 4) is 0 Å². The molecule has 0 bridgehead atoms. The summed E-state index contributed by atoms with van der Waals surface area (Å²) in [5.74, 6) is 2.43. The first-order chi connectivity index (χ1) is 23.9. The summed E-state index contributed by atoms with van der Waals surface area (Å²) >= 11 is 0. The second kappa shape index (κ2) is 15.7. The molecule has 0 aliphatic heterocycles. The number of rotatable bonds is 11. The minimum absolute atomic E-state index is 0.324. The summed E-state index contributed by atoms with van der Waals surface area (Å²) in [5, 5.41) is 9.16. The first-order valence-corrected chi connectivity index (χ1v) is 20.7. The summed E-state index contributed by atoms with van der Waals surface area (Å²) in [6.07, 6.45) is 0. The molecule has 0 saturated carbocycles. The van der Waals surface area contributed by atoms with Crippen molar-refractivity contribution < 1.29 is 0 Å². The van der Waals surface area contributed by atoms with Crippen molar-refractivity contribution in [1.82, 2.24) is 0 Å². The lowest BCUT2D eigenvalue weighted by atomic mass is 10.1. The van der Waals surface area contributed by atoms with Crippen molar-refractivity contribution in [3.63, 3.8) is 0 Å². The Morgan fingerprint density at radius 3 is 1.39 bits per heavy atom. The normalized spacial score (nSPS) is 12.2. The van der Waals surface area contributed by atoms with Crippen molar-refractivity contribution in [3.05, 3.63) is 193 Å². The van der Waals surface area contributed by atoms with Crippen molar-refractivity contribution in [2.45, 2.75) is 39.0 Å². The smallest absolute Gasteiger partial charge is 0.0625 e. The van der Waals surface area contributed by atoms with Crippen LogP contribution in [0.4, 0.5) is 17.1 Å². The van der Waals surface area contributed by atoms with Gasteiger partial charge in [0.1, 0.15) is 0 Å². The Balaban J connectivity index is 1.66. The predicted molar refractivity (Wildman–Crippen MR) is 217 cm³/mol. The summed E-state index contributed by atoms with van der Waals surface area (Å²) in [4.78, 5) is 0. The molecule has 0 unspecified atom stereocenters. The maximum Gasteiger partial charge on any atom is 0.0625 e. The number of nitrogens with zero attached hydrogens (tertiary/aromatic N) is 3. The summed E-state index contributed by atoms with van der Waals surface area (Å²) in [7, 11) is -4.71. The minimum atomic E-state index is -2.61. The van der Waals surface area contributed by atoms with Crippen LogP contribution in [-0.2, 0) is 0 Å². The number of para-hydroxylation sites is 1. The Morgan fingerprint density at radius 2 is 0.898 bits per heavy atom. The van der Waals surface area contributed by atoms with E-state index in [2.05, 4.69) is 203 Å². The van der Waals surface area contributed by atoms with Crippen LogP contribution in [-0.4, -0.2) is 11.3 Å². The molecular weight excluding hydrogens is 632 g/mol. The molecule has 0 radical (unpaired) electrons. The Bertz CT molecular complexity index is 2030. The molecule has 5 heteroatoms. The Morgan fingerprint density at radius 1 is 0.490 bits per heavy atom. The quantitative estimate of drug-likeness (QED) is 0.123. The van der Waals surface area contributed by atoms with E-state index in [0.29, 0.717) is 11.3 Å². The number of hydrogen-bond donors (Lipinski definition) is 0. The van der Waals surface area contributed by atoms with E-state index in [1.165, 1.54) is 10.6 Å². The van der Waals surface area contributed by atoms with Gasteiger partial charge in [0.2, 0.25) is 0 Å². The third-order valence-electron chi connectivity index (χ3n) is 8.85. The average Bonchev–Trinajstić information content (AvgIpc) is 3.15. The van der Waals surface area contributed by atoms with Gasteiger partial charge in [-0.2, -0.15) is 0 Å². The molecule has 49 heavy (non-hydrogen) atoms. The van der Waals surface area contributed by atoms with Crippen molar-refractivity contribution >= 4 is 52.8 Å². The van der Waals surface area contributed by atoms with Crippen LogP contribution in [0, 0.1) is 0 Å². The highest BCUT2D eigenvalue weighted by Gasteiger charge is 2.29. The second-order valence-corrected chi connectivity index (χ2v) is 19.7. The van der Waals surface area contributed by atoms with Gasteiger partial charge in [0.25, 0.3) is 0 Å². The fraction of sp³-hybridized carbons (Fsp3) is 0.136. The predicted octanol–water partition coefficient (Wildman–Crippen LogP) is 12.8. The average molecular weight is 677 g/mol. The van der Waals surface area contributed by atoms with Gasteiger partial charge in [-0.3, -0.25) is 9.49 Å². The van der Waals surface area contributed by atoms with Crippen LogP contribution < -0.4 is 15.9 Å². The topological polar surface area (TPSA) is 38.8 Å². The van der Waals surface area contributed by atoms with E-state index in [4.69, 9.17) is 14.8 Å². The highest BCUT2D eigenvalue weighted by molar-refractivity contribution is 7.87. The Hall–Kier alpha value is -4.68. The Kier molecular flexibility index (Phi) is 10.9. The van der Waals surface area contributed by atoms with Crippen LogP contribution in [0.15, 0.2) is 191 Å². The standard InChI is InChI=1S/C44H44N3P2/c1-35(2)48(36(3)4,46-38-24-12-6-13-25-38)34-43(37-22-10-5-11-23-37)45-42-32-20-21-33-44(42)49(40-28-16-8-17-29-40,41-30-18-9-19-31-41)47-39-26-14-7-15-27-39/h5-36H,1-4H3/q-1/b43-34-. The van der Waals surface area contributed by atoms with Crippen molar-refractivity contribution in [1.29, 1.82) is 0 Å². The molecule has 0 heterocycles. The molecule has 0 N–H and O–H groups in total. The van der Waals surface area contributed by atoms with E-state index in [-0.39, 0.29) is 0 Å². The molecule has 6 aromatic rings. The fourth-order valence-corrected chi connectivity index (χ4v) is 13.4. The molecule has 0 fully saturated rings. The van der Waals surface area contributed by atoms with Gasteiger partial charge >= 0.3 is 0 Å². The zero-order valence-electron chi connectivity index (χ0n) is 28.7. The zero-order valence-corrected chi connectivity index (χ0v) is 30.5. The molecule has 6 rings (SSSR count). The van der Waals surface area contributed by atoms with Crippen LogP contribution in [0.5, 0.6) is 0 Å². The highest BCUT2D eigenvalue weighted by Crippen LogP contribution is 2.63.